The van der Waals surface area contributed by atoms with Gasteiger partial charge in [-0.3, -0.25) is 0 Å². The number of nitrogens with zero attached hydrogens (tertiary/aromatic N) is 2. The summed E-state index contributed by atoms with van der Waals surface area (Å²) in [5.74, 6) is 0. The summed E-state index contributed by atoms with van der Waals surface area (Å²) in [6, 6.07) is 33.2. The first kappa shape index (κ1) is 46.1. The van der Waals surface area contributed by atoms with Gasteiger partial charge in [-0.25, -0.2) is 0 Å². The predicted octanol–water partition coefficient (Wildman–Crippen LogP) is 16.6. The summed E-state index contributed by atoms with van der Waals surface area (Å²) in [6.45, 7) is 44.2. The molecule has 1 aromatic heterocycles. The molecule has 0 amide bonds. The fourth-order valence-corrected chi connectivity index (χ4v) is 14.7. The third kappa shape index (κ3) is 6.74. The zero-order valence-electron chi connectivity index (χ0n) is 45.1. The molecule has 68 heavy (non-hydrogen) atoms. The van der Waals surface area contributed by atoms with Crippen LogP contribution in [0.25, 0.3) is 10.1 Å². The second-order valence-electron chi connectivity index (χ2n) is 28.3. The van der Waals surface area contributed by atoms with Gasteiger partial charge in [-0.1, -0.05) is 149 Å². The largest absolute Gasteiger partial charge is 0.311 e. The fourth-order valence-electron chi connectivity index (χ4n) is 13.4. The van der Waals surface area contributed by atoms with Crippen molar-refractivity contribution in [2.24, 2.45) is 0 Å². The third-order valence-electron chi connectivity index (χ3n) is 18.6. The molecule has 0 saturated carbocycles. The van der Waals surface area contributed by atoms with E-state index in [4.69, 9.17) is 0 Å². The normalized spacial score (nSPS) is 21.1. The molecule has 11 rings (SSSR count). The van der Waals surface area contributed by atoms with Crippen molar-refractivity contribution >= 4 is 78.0 Å². The van der Waals surface area contributed by atoms with Gasteiger partial charge in [-0.2, -0.15) is 0 Å². The first-order valence-corrected chi connectivity index (χ1v) is 27.1. The highest BCUT2D eigenvalue weighted by Crippen LogP contribution is 2.56. The van der Waals surface area contributed by atoms with Gasteiger partial charge < -0.3 is 9.80 Å². The minimum atomic E-state index is -0.0931. The van der Waals surface area contributed by atoms with E-state index in [2.05, 4.69) is 225 Å². The molecule has 0 N–H and O–H groups in total. The molecule has 5 aromatic carbocycles. The van der Waals surface area contributed by atoms with Crippen LogP contribution >= 0.6 is 11.3 Å². The molecular formula is C64H79BN2S. The van der Waals surface area contributed by atoms with E-state index in [0.717, 1.165) is 0 Å². The maximum absolute atomic E-state index is 2.75. The summed E-state index contributed by atoms with van der Waals surface area (Å²) >= 11 is 2.08. The Kier molecular flexibility index (Phi) is 9.63. The molecule has 2 aliphatic heterocycles. The number of hydrogen-bond acceptors (Lipinski definition) is 3. The first-order valence-electron chi connectivity index (χ1n) is 26.3. The molecule has 5 aliphatic rings. The second kappa shape index (κ2) is 14.2. The Morgan fingerprint density at radius 3 is 1.40 bits per heavy atom. The van der Waals surface area contributed by atoms with E-state index in [1.54, 1.807) is 11.1 Å². The summed E-state index contributed by atoms with van der Waals surface area (Å²) in [6.07, 6.45) is 7.19. The average Bonchev–Trinajstić information content (AvgIpc) is 3.62. The number of anilines is 6. The molecule has 0 atom stereocenters. The molecule has 0 saturated heterocycles. The van der Waals surface area contributed by atoms with Crippen molar-refractivity contribution in [2.75, 3.05) is 9.80 Å². The fraction of sp³-hybridized carbons (Fsp3) is 0.500. The number of rotatable bonds is 2. The monoisotopic (exact) mass is 919 g/mol. The number of thiophene rings is 1. The molecular weight excluding hydrogens is 840 g/mol. The first-order chi connectivity index (χ1) is 31.4. The highest BCUT2D eigenvalue weighted by atomic mass is 32.1. The van der Waals surface area contributed by atoms with E-state index in [1.165, 1.54) is 132 Å². The molecule has 354 valence electrons. The lowest BCUT2D eigenvalue weighted by Crippen LogP contribution is -2.61. The van der Waals surface area contributed by atoms with Crippen molar-refractivity contribution in [1.82, 2.24) is 0 Å². The van der Waals surface area contributed by atoms with Crippen LogP contribution in [-0.2, 0) is 43.3 Å². The summed E-state index contributed by atoms with van der Waals surface area (Å²) in [7, 11) is 0. The number of benzene rings is 5. The van der Waals surface area contributed by atoms with Gasteiger partial charge in [0.15, 0.2) is 0 Å². The molecule has 0 spiro atoms. The molecule has 3 heterocycles. The summed E-state index contributed by atoms with van der Waals surface area (Å²) in [4.78, 5) is 5.48. The third-order valence-corrected chi connectivity index (χ3v) is 19.8. The van der Waals surface area contributed by atoms with E-state index in [0.29, 0.717) is 0 Å². The van der Waals surface area contributed by atoms with Crippen LogP contribution in [0.15, 0.2) is 78.9 Å². The van der Waals surface area contributed by atoms with E-state index >= 15 is 0 Å². The van der Waals surface area contributed by atoms with Crippen LogP contribution < -0.4 is 25.5 Å². The Hall–Kier alpha value is -4.28. The van der Waals surface area contributed by atoms with Gasteiger partial charge in [0.05, 0.1) is 5.69 Å². The van der Waals surface area contributed by atoms with Crippen LogP contribution in [0.4, 0.5) is 34.1 Å². The Bertz CT molecular complexity index is 3100. The highest BCUT2D eigenvalue weighted by molar-refractivity contribution is 7.33. The van der Waals surface area contributed by atoms with E-state index < -0.39 is 0 Å². The van der Waals surface area contributed by atoms with Gasteiger partial charge in [0.1, 0.15) is 0 Å². The van der Waals surface area contributed by atoms with Crippen LogP contribution in [0.1, 0.15) is 208 Å². The van der Waals surface area contributed by atoms with Gasteiger partial charge in [0.25, 0.3) is 6.71 Å². The van der Waals surface area contributed by atoms with Crippen LogP contribution in [0.2, 0.25) is 0 Å². The van der Waals surface area contributed by atoms with Crippen molar-refractivity contribution < 1.29 is 0 Å². The Morgan fingerprint density at radius 1 is 0.426 bits per heavy atom. The maximum Gasteiger partial charge on any atom is 0.264 e. The number of fused-ring (bicyclic) bond motifs is 9. The Balaban J connectivity index is 1.30. The van der Waals surface area contributed by atoms with Crippen molar-refractivity contribution in [2.45, 2.75) is 206 Å². The van der Waals surface area contributed by atoms with Crippen LogP contribution in [0.5, 0.6) is 0 Å². The standard InChI is InChI=1S/C64H79BN2S/c1-57(2,3)38-19-21-40(22-20-38)67-52-32-39(58(4,5)6)31-51-54(52)65(56-55(67)42-34-45-48(37-53(42)68-56)64(17,18)30-27-61(45,11)12)49-35-46-47(63(15,16)29-28-62(46,13)14)36-50(49)66(51)41-23-24-43-44(33-41)60(9,10)26-25-59(43,7)8/h19-24,31-37H,25-30H2,1-18H3. The van der Waals surface area contributed by atoms with Crippen molar-refractivity contribution in [1.29, 1.82) is 0 Å². The topological polar surface area (TPSA) is 6.48 Å². The van der Waals surface area contributed by atoms with Gasteiger partial charge in [0.2, 0.25) is 0 Å². The highest BCUT2D eigenvalue weighted by Gasteiger charge is 2.49. The molecule has 2 nitrogen and oxygen atoms in total. The number of hydrogen-bond donors (Lipinski definition) is 0. The summed E-state index contributed by atoms with van der Waals surface area (Å²) < 4.78 is 2.90. The summed E-state index contributed by atoms with van der Waals surface area (Å²) in [5, 5.41) is 1.41. The average molecular weight is 919 g/mol. The van der Waals surface area contributed by atoms with Crippen LogP contribution in [0, 0.1) is 0 Å². The minimum absolute atomic E-state index is 0.0544. The Morgan fingerprint density at radius 2 is 0.868 bits per heavy atom. The van der Waals surface area contributed by atoms with E-state index in [9.17, 15) is 0 Å². The lowest BCUT2D eigenvalue weighted by Gasteiger charge is -2.48. The summed E-state index contributed by atoms with van der Waals surface area (Å²) in [5.41, 5.74) is 23.3. The molecule has 6 aromatic rings. The second-order valence-corrected chi connectivity index (χ2v) is 29.4. The molecule has 0 radical (unpaired) electrons. The molecule has 3 aliphatic carbocycles. The van der Waals surface area contributed by atoms with Gasteiger partial charge in [-0.05, 0) is 192 Å². The van der Waals surface area contributed by atoms with Crippen molar-refractivity contribution in [3.63, 3.8) is 0 Å². The Labute approximate surface area is 415 Å². The quantitative estimate of drug-likeness (QED) is 0.159. The van der Waals surface area contributed by atoms with Crippen LogP contribution in [-0.4, -0.2) is 6.71 Å². The molecule has 0 bridgehead atoms. The zero-order valence-corrected chi connectivity index (χ0v) is 45.9. The molecule has 0 fully saturated rings. The maximum atomic E-state index is 2.75. The molecule has 0 unspecified atom stereocenters. The van der Waals surface area contributed by atoms with E-state index in [-0.39, 0.29) is 50.0 Å². The minimum Gasteiger partial charge on any atom is -0.311 e. The van der Waals surface area contributed by atoms with Crippen molar-refractivity contribution in [3.8, 4) is 0 Å². The van der Waals surface area contributed by atoms with Gasteiger partial charge in [-0.15, -0.1) is 11.3 Å². The SMILES string of the molecule is CC(C)(C)c1ccc(N2c3cc(C(C)(C)C)cc4c3B(c3cc5c(cc3N4c3ccc4c(c3)C(C)(C)CCC4(C)C)C(C)(C)CCC5(C)C)c3sc4cc5c(cc4c32)C(C)(C)CCC5(C)C)cc1. The smallest absolute Gasteiger partial charge is 0.264 e. The predicted molar refractivity (Wildman–Crippen MR) is 299 cm³/mol. The molecule has 4 heteroatoms. The van der Waals surface area contributed by atoms with Gasteiger partial charge in [0, 0.05) is 43.3 Å². The zero-order chi connectivity index (χ0) is 48.8. The van der Waals surface area contributed by atoms with Gasteiger partial charge >= 0.3 is 0 Å². The van der Waals surface area contributed by atoms with E-state index in [1.807, 2.05) is 0 Å². The lowest BCUT2D eigenvalue weighted by molar-refractivity contribution is 0.332. The van der Waals surface area contributed by atoms with Crippen LogP contribution in [0.3, 0.4) is 0 Å². The lowest BCUT2D eigenvalue weighted by atomic mass is 9.35. The van der Waals surface area contributed by atoms with Crippen molar-refractivity contribution in [3.05, 3.63) is 123 Å².